The van der Waals surface area contributed by atoms with Gasteiger partial charge in [-0.15, -0.1) is 0 Å². The van der Waals surface area contributed by atoms with Crippen LogP contribution in [0.2, 0.25) is 0 Å². The zero-order valence-corrected chi connectivity index (χ0v) is 36.9. The third-order valence-electron chi connectivity index (χ3n) is 14.4. The first kappa shape index (κ1) is 38.9. The molecule has 0 bridgehead atoms. The molecule has 1 unspecified atom stereocenters. The molecule has 0 aliphatic heterocycles. The van der Waals surface area contributed by atoms with Crippen LogP contribution in [-0.4, -0.2) is 0 Å². The molecular formula is C66H45N. The van der Waals surface area contributed by atoms with Crippen LogP contribution in [-0.2, 0) is 5.41 Å². The van der Waals surface area contributed by atoms with E-state index in [2.05, 4.69) is 272 Å². The third kappa shape index (κ3) is 6.31. The molecule has 0 heterocycles. The van der Waals surface area contributed by atoms with Gasteiger partial charge in [0, 0.05) is 23.0 Å². The van der Waals surface area contributed by atoms with Crippen LogP contribution in [0.25, 0.3) is 55.3 Å². The topological polar surface area (TPSA) is 3.24 Å². The summed E-state index contributed by atoms with van der Waals surface area (Å²) in [4.78, 5) is 2.45. The van der Waals surface area contributed by atoms with Gasteiger partial charge in [-0.25, -0.2) is 0 Å². The Bertz CT molecular complexity index is 3590. The van der Waals surface area contributed by atoms with E-state index in [4.69, 9.17) is 0 Å². The highest BCUT2D eigenvalue weighted by Gasteiger charge is 2.46. The predicted octanol–water partition coefficient (Wildman–Crippen LogP) is 17.2. The normalized spacial score (nSPS) is 13.9. The number of hydrogen-bond donors (Lipinski definition) is 0. The molecule has 0 saturated carbocycles. The Morgan fingerprint density at radius 2 is 0.821 bits per heavy atom. The van der Waals surface area contributed by atoms with E-state index in [1.54, 1.807) is 0 Å². The average Bonchev–Trinajstić information content (AvgIpc) is 3.90. The van der Waals surface area contributed by atoms with Crippen LogP contribution in [0, 0.1) is 0 Å². The summed E-state index contributed by atoms with van der Waals surface area (Å²) in [7, 11) is 0. The van der Waals surface area contributed by atoms with Gasteiger partial charge in [-0.05, 0) is 137 Å². The Labute approximate surface area is 392 Å². The van der Waals surface area contributed by atoms with Gasteiger partial charge in [0.15, 0.2) is 0 Å². The summed E-state index contributed by atoms with van der Waals surface area (Å²) in [6, 6.07) is 98.9. The summed E-state index contributed by atoms with van der Waals surface area (Å²) in [6.45, 7) is 0. The van der Waals surface area contributed by atoms with E-state index in [1.807, 2.05) is 0 Å². The molecule has 314 valence electrons. The lowest BCUT2D eigenvalue weighted by Crippen LogP contribution is -2.28. The summed E-state index contributed by atoms with van der Waals surface area (Å²) in [6.07, 6.45) is 0. The minimum Gasteiger partial charge on any atom is -0.310 e. The maximum atomic E-state index is 2.47. The van der Waals surface area contributed by atoms with Crippen LogP contribution in [0.3, 0.4) is 0 Å². The molecule has 0 saturated heterocycles. The van der Waals surface area contributed by atoms with Crippen molar-refractivity contribution in [1.29, 1.82) is 0 Å². The Morgan fingerprint density at radius 1 is 0.284 bits per heavy atom. The maximum Gasteiger partial charge on any atom is 0.0714 e. The van der Waals surface area contributed by atoms with Crippen LogP contribution in [0.4, 0.5) is 17.1 Å². The Balaban J connectivity index is 0.981. The molecule has 0 amide bonds. The highest BCUT2D eigenvalue weighted by atomic mass is 15.1. The number of hydrogen-bond acceptors (Lipinski definition) is 1. The minimum atomic E-state index is -0.515. The first-order chi connectivity index (χ1) is 33.2. The maximum absolute atomic E-state index is 2.47. The number of rotatable bonds is 8. The lowest BCUT2D eigenvalue weighted by atomic mass is 9.67. The summed E-state index contributed by atoms with van der Waals surface area (Å²) < 4.78 is 0. The molecule has 0 radical (unpaired) electrons. The van der Waals surface area contributed by atoms with Crippen molar-refractivity contribution < 1.29 is 0 Å². The molecule has 0 N–H and O–H groups in total. The third-order valence-corrected chi connectivity index (χ3v) is 14.4. The zero-order chi connectivity index (χ0) is 44.3. The SMILES string of the molecule is c1ccc(-c2ccc(N(c3cccc(-c4ccc5c(c4)C(c4ccc6ccccc6c4)c4ccccc4-5)c3)c3ccc4c(c3)C(c3ccccc3)(c3ccccc3)c3ccccc3-4)cc2)cc1. The zero-order valence-electron chi connectivity index (χ0n) is 36.9. The van der Waals surface area contributed by atoms with Crippen molar-refractivity contribution in [3.63, 3.8) is 0 Å². The molecule has 11 aromatic rings. The first-order valence-corrected chi connectivity index (χ1v) is 23.4. The average molecular weight is 852 g/mol. The quantitative estimate of drug-likeness (QED) is 0.147. The Kier molecular flexibility index (Phi) is 9.21. The van der Waals surface area contributed by atoms with Crippen molar-refractivity contribution in [2.45, 2.75) is 11.3 Å². The first-order valence-electron chi connectivity index (χ1n) is 23.4. The molecule has 2 aliphatic rings. The van der Waals surface area contributed by atoms with Gasteiger partial charge in [-0.2, -0.15) is 0 Å². The van der Waals surface area contributed by atoms with Crippen LogP contribution < -0.4 is 4.90 Å². The predicted molar refractivity (Wildman–Crippen MR) is 280 cm³/mol. The van der Waals surface area contributed by atoms with E-state index in [9.17, 15) is 0 Å². The smallest absolute Gasteiger partial charge is 0.0714 e. The van der Waals surface area contributed by atoms with E-state index in [0.717, 1.165) is 17.1 Å². The molecule has 11 aromatic carbocycles. The van der Waals surface area contributed by atoms with E-state index >= 15 is 0 Å². The van der Waals surface area contributed by atoms with Gasteiger partial charge in [0.2, 0.25) is 0 Å². The highest BCUT2D eigenvalue weighted by molar-refractivity contribution is 5.91. The molecule has 0 spiro atoms. The molecular weight excluding hydrogens is 807 g/mol. The van der Waals surface area contributed by atoms with Gasteiger partial charge in [0.1, 0.15) is 0 Å². The molecule has 0 fully saturated rings. The minimum absolute atomic E-state index is 0.142. The Hall–Kier alpha value is -8.52. The molecule has 1 heteroatoms. The summed E-state index contributed by atoms with van der Waals surface area (Å²) in [5.41, 5.74) is 21.9. The van der Waals surface area contributed by atoms with Gasteiger partial charge in [0.25, 0.3) is 0 Å². The number of nitrogens with zero attached hydrogens (tertiary/aromatic N) is 1. The van der Waals surface area contributed by atoms with Crippen LogP contribution in [0.1, 0.15) is 44.9 Å². The molecule has 67 heavy (non-hydrogen) atoms. The van der Waals surface area contributed by atoms with Crippen LogP contribution >= 0.6 is 0 Å². The van der Waals surface area contributed by atoms with Crippen LogP contribution in [0.5, 0.6) is 0 Å². The molecule has 0 aromatic heterocycles. The second-order valence-electron chi connectivity index (χ2n) is 18.0. The van der Waals surface area contributed by atoms with Crippen LogP contribution in [0.15, 0.2) is 267 Å². The standard InChI is InChI=1S/C66H45N/c1-4-17-45(18-5-1)47-33-36-54(37-34-47)67(56-38-40-60-59-28-14-15-30-63(59)66(64(60)44-56,52-22-6-2-7-23-52)53-24-8-3-9-25-53)55-26-16-21-49(42-55)50-35-39-58-57-27-12-13-29-61(57)65(62(58)43-50)51-32-31-46-19-10-11-20-48(46)41-51/h1-44,65H. The number of anilines is 3. The molecule has 1 atom stereocenters. The lowest BCUT2D eigenvalue weighted by Gasteiger charge is -2.35. The van der Waals surface area contributed by atoms with Crippen molar-refractivity contribution >= 4 is 27.8 Å². The lowest BCUT2D eigenvalue weighted by molar-refractivity contribution is 0.768. The molecule has 13 rings (SSSR count). The molecule has 1 nitrogen and oxygen atoms in total. The van der Waals surface area contributed by atoms with Gasteiger partial charge in [0.05, 0.1) is 5.41 Å². The van der Waals surface area contributed by atoms with Crippen molar-refractivity contribution in [3.05, 3.63) is 306 Å². The number of benzene rings is 11. The van der Waals surface area contributed by atoms with Gasteiger partial charge < -0.3 is 4.90 Å². The summed E-state index contributed by atoms with van der Waals surface area (Å²) in [5.74, 6) is 0.142. The van der Waals surface area contributed by atoms with Gasteiger partial charge >= 0.3 is 0 Å². The summed E-state index contributed by atoms with van der Waals surface area (Å²) >= 11 is 0. The largest absolute Gasteiger partial charge is 0.310 e. The fourth-order valence-corrected chi connectivity index (χ4v) is 11.4. The fraction of sp³-hybridized carbons (Fsp3) is 0.0303. The fourth-order valence-electron chi connectivity index (χ4n) is 11.4. The highest BCUT2D eigenvalue weighted by Crippen LogP contribution is 2.57. The molecule has 2 aliphatic carbocycles. The second-order valence-corrected chi connectivity index (χ2v) is 18.0. The van der Waals surface area contributed by atoms with Gasteiger partial charge in [-0.3, -0.25) is 0 Å². The monoisotopic (exact) mass is 851 g/mol. The van der Waals surface area contributed by atoms with Gasteiger partial charge in [-0.1, -0.05) is 224 Å². The van der Waals surface area contributed by atoms with Crippen molar-refractivity contribution in [1.82, 2.24) is 0 Å². The Morgan fingerprint density at radius 3 is 1.60 bits per heavy atom. The van der Waals surface area contributed by atoms with Crippen molar-refractivity contribution in [3.8, 4) is 44.5 Å². The second kappa shape index (κ2) is 15.9. The number of fused-ring (bicyclic) bond motifs is 7. The van der Waals surface area contributed by atoms with E-state index in [1.165, 1.54) is 94.2 Å². The summed E-state index contributed by atoms with van der Waals surface area (Å²) in [5, 5.41) is 2.54. The van der Waals surface area contributed by atoms with Crippen molar-refractivity contribution in [2.75, 3.05) is 4.90 Å². The van der Waals surface area contributed by atoms with E-state index in [0.29, 0.717) is 0 Å². The van der Waals surface area contributed by atoms with Crippen molar-refractivity contribution in [2.24, 2.45) is 0 Å². The van der Waals surface area contributed by atoms with E-state index in [-0.39, 0.29) is 5.92 Å². The van der Waals surface area contributed by atoms with E-state index < -0.39 is 5.41 Å².